The number of nitrogens with two attached hydrogens (primary N) is 1. The van der Waals surface area contributed by atoms with Crippen molar-refractivity contribution < 1.29 is 4.89 Å². The van der Waals surface area contributed by atoms with Gasteiger partial charge < -0.3 is 4.89 Å². The Morgan fingerprint density at radius 3 is 1.88 bits per heavy atom. The van der Waals surface area contributed by atoms with E-state index < -0.39 is 7.65 Å². The van der Waals surface area contributed by atoms with E-state index in [1.165, 1.54) is 0 Å². The summed E-state index contributed by atoms with van der Waals surface area (Å²) >= 11 is 4.67. The van der Waals surface area contributed by atoms with E-state index in [2.05, 4.69) is 62.3 Å². The molecule has 0 aromatic rings. The normalized spacial score (nSPS) is 14.2. The van der Waals surface area contributed by atoms with Gasteiger partial charge in [-0.05, 0) is 52.3 Å². The average molecular weight is 282 g/mol. The lowest BCUT2D eigenvalue weighted by Gasteiger charge is -2.36. The van der Waals surface area contributed by atoms with E-state index in [0.29, 0.717) is 24.5 Å². The summed E-state index contributed by atoms with van der Waals surface area (Å²) < 4.78 is 0. The fourth-order valence-electron chi connectivity index (χ4n) is 2.04. The molecule has 0 aliphatic carbocycles. The van der Waals surface area contributed by atoms with Crippen LogP contribution in [0.1, 0.15) is 47.5 Å². The first-order valence-electron chi connectivity index (χ1n) is 5.77. The summed E-state index contributed by atoms with van der Waals surface area (Å²) in [5, 5.41) is 8.51. The fourth-order valence-corrected chi connectivity index (χ4v) is 2.04. The van der Waals surface area contributed by atoms with Crippen LogP contribution in [0.15, 0.2) is 0 Å². The Hall–Kier alpha value is 0.0900. The third kappa shape index (κ3) is 12.3. The Morgan fingerprint density at radius 2 is 1.65 bits per heavy atom. The average Bonchev–Trinajstić information content (AvgIpc) is 2.12. The Kier molecular flexibility index (Phi) is 12.8. The van der Waals surface area contributed by atoms with E-state index in [1.54, 1.807) is 0 Å². The van der Waals surface area contributed by atoms with Crippen molar-refractivity contribution in [2.75, 3.05) is 0 Å². The molecule has 0 heterocycles. The van der Waals surface area contributed by atoms with Gasteiger partial charge in [0, 0.05) is 24.5 Å². The van der Waals surface area contributed by atoms with Crippen LogP contribution in [-0.2, 0) is 0 Å². The van der Waals surface area contributed by atoms with Gasteiger partial charge in [0.25, 0.3) is 0 Å². The number of halogens is 1. The zero-order chi connectivity index (χ0) is 14.0. The van der Waals surface area contributed by atoms with E-state index in [4.69, 9.17) is 10.2 Å². The van der Waals surface area contributed by atoms with Crippen LogP contribution in [-0.4, -0.2) is 27.9 Å². The Bertz CT molecular complexity index is 208. The summed E-state index contributed by atoms with van der Waals surface area (Å²) in [6.45, 7) is 11.1. The van der Waals surface area contributed by atoms with Gasteiger partial charge in [0.2, 0.25) is 0 Å². The van der Waals surface area contributed by atoms with Gasteiger partial charge in [0.1, 0.15) is 0 Å². The van der Waals surface area contributed by atoms with Crippen LogP contribution in [0.2, 0.25) is 0 Å². The summed E-state index contributed by atoms with van der Waals surface area (Å²) in [4.78, 5) is 10.1. The molecule has 0 saturated heterocycles. The molecule has 2 atom stereocenters. The quantitative estimate of drug-likeness (QED) is 0.759. The van der Waals surface area contributed by atoms with Gasteiger partial charge in [0.15, 0.2) is 7.65 Å². The third-order valence-corrected chi connectivity index (χ3v) is 2.38. The molecule has 0 spiro atoms. The summed E-state index contributed by atoms with van der Waals surface area (Å²) in [6, 6.07) is 3.85. The number of hydrogen-bond acceptors (Lipinski definition) is 4. The molecule has 0 aromatic carbocycles. The first-order chi connectivity index (χ1) is 7.73. The van der Waals surface area contributed by atoms with E-state index >= 15 is 0 Å². The summed E-state index contributed by atoms with van der Waals surface area (Å²) in [7, 11) is -1.65. The van der Waals surface area contributed by atoms with E-state index in [0.717, 1.165) is 6.42 Å². The van der Waals surface area contributed by atoms with Gasteiger partial charge in [-0.25, -0.2) is 0 Å². The zero-order valence-corrected chi connectivity index (χ0v) is 13.0. The molecule has 0 rings (SSSR count). The maximum Gasteiger partial charge on any atom is 0.198 e. The largest absolute Gasteiger partial charge is 0.348 e. The highest BCUT2D eigenvalue weighted by Crippen LogP contribution is 2.22. The molecule has 0 aliphatic heterocycles. The minimum atomic E-state index is -1.65. The number of nitrogens with zero attached hydrogens (tertiary/aromatic N) is 2. The second-order valence-corrected chi connectivity index (χ2v) is 6.09. The Balaban J connectivity index is 0. The van der Waals surface area contributed by atoms with Crippen molar-refractivity contribution in [1.82, 2.24) is 4.90 Å². The molecule has 0 bridgehead atoms. The summed E-state index contributed by atoms with van der Waals surface area (Å²) in [6.07, 6.45) is 1.64. The van der Waals surface area contributed by atoms with E-state index in [9.17, 15) is 0 Å². The second-order valence-electron chi connectivity index (χ2n) is 4.47. The molecule has 102 valence electrons. The van der Waals surface area contributed by atoms with Crippen LogP contribution in [0.5, 0.6) is 0 Å². The summed E-state index contributed by atoms with van der Waals surface area (Å²) in [5.74, 6) is 0. The van der Waals surface area contributed by atoms with Crippen molar-refractivity contribution in [2.45, 2.75) is 65.6 Å². The number of nitriles is 1. The molecule has 0 radical (unpaired) electrons. The number of rotatable bonds is 5. The highest BCUT2D eigenvalue weighted by atomic mass is 35.7. The molecule has 0 amide bonds. The van der Waals surface area contributed by atoms with Crippen molar-refractivity contribution in [3.8, 4) is 6.07 Å². The van der Waals surface area contributed by atoms with Crippen LogP contribution in [0.25, 0.3) is 0 Å². The Labute approximate surface area is 111 Å². The first-order valence-corrected chi connectivity index (χ1v) is 8.04. The standard InChI is InChI=1S/C11H22N2.ClH3NOP/c1-9(2)13(10(3)4)11(5)7-6-8-12;1-4(2)3/h9-11H,6-7H2,1-5H3;3H,2H2. The lowest BCUT2D eigenvalue weighted by atomic mass is 10.1. The lowest BCUT2D eigenvalue weighted by Crippen LogP contribution is -2.43. The van der Waals surface area contributed by atoms with Crippen molar-refractivity contribution in [3.63, 3.8) is 0 Å². The first kappa shape index (κ1) is 19.4. The van der Waals surface area contributed by atoms with Crippen molar-refractivity contribution in [3.05, 3.63) is 0 Å². The predicted molar refractivity (Wildman–Crippen MR) is 75.6 cm³/mol. The van der Waals surface area contributed by atoms with Crippen LogP contribution >= 0.6 is 18.9 Å². The minimum absolute atomic E-state index is 0.514. The molecule has 3 N–H and O–H groups in total. The third-order valence-electron chi connectivity index (χ3n) is 2.38. The van der Waals surface area contributed by atoms with Crippen molar-refractivity contribution >= 4 is 18.9 Å². The van der Waals surface area contributed by atoms with Gasteiger partial charge in [0.05, 0.1) is 6.07 Å². The second kappa shape index (κ2) is 11.2. The van der Waals surface area contributed by atoms with Crippen LogP contribution < -0.4 is 5.50 Å². The smallest absolute Gasteiger partial charge is 0.198 e. The van der Waals surface area contributed by atoms with Crippen molar-refractivity contribution in [2.24, 2.45) is 5.50 Å². The molecule has 0 aromatic heterocycles. The van der Waals surface area contributed by atoms with E-state index in [1.807, 2.05) is 0 Å². The minimum Gasteiger partial charge on any atom is -0.348 e. The molecule has 17 heavy (non-hydrogen) atoms. The van der Waals surface area contributed by atoms with Gasteiger partial charge in [-0.1, -0.05) is 0 Å². The van der Waals surface area contributed by atoms with Crippen LogP contribution in [0.3, 0.4) is 0 Å². The molecule has 0 saturated carbocycles. The molecule has 0 aliphatic rings. The van der Waals surface area contributed by atoms with Gasteiger partial charge >= 0.3 is 0 Å². The molecule has 6 heteroatoms. The molecular formula is C11H25ClN3OP. The highest BCUT2D eigenvalue weighted by Gasteiger charge is 2.19. The van der Waals surface area contributed by atoms with Crippen LogP contribution in [0, 0.1) is 11.3 Å². The van der Waals surface area contributed by atoms with Gasteiger partial charge in [-0.3, -0.25) is 10.4 Å². The highest BCUT2D eigenvalue weighted by molar-refractivity contribution is 7.77. The monoisotopic (exact) mass is 281 g/mol. The van der Waals surface area contributed by atoms with Gasteiger partial charge in [-0.15, -0.1) is 0 Å². The Morgan fingerprint density at radius 1 is 1.29 bits per heavy atom. The van der Waals surface area contributed by atoms with E-state index in [-0.39, 0.29) is 0 Å². The SMILES string of the molecule is CC(C)N(C(C)C)C(C)CCC#N.NP(O)Cl. The maximum atomic E-state index is 8.51. The molecule has 0 fully saturated rings. The summed E-state index contributed by atoms with van der Waals surface area (Å²) in [5.41, 5.74) is 4.50. The molecule has 2 unspecified atom stereocenters. The zero-order valence-electron chi connectivity index (χ0n) is 11.4. The maximum absolute atomic E-state index is 8.51. The molecular weight excluding hydrogens is 257 g/mol. The number of hydrogen-bond donors (Lipinski definition) is 2. The predicted octanol–water partition coefficient (Wildman–Crippen LogP) is 3.20. The fraction of sp³-hybridized carbons (Fsp3) is 0.909. The lowest BCUT2D eigenvalue weighted by molar-refractivity contribution is 0.117. The van der Waals surface area contributed by atoms with Crippen LogP contribution in [0.4, 0.5) is 0 Å². The molecule has 4 nitrogen and oxygen atoms in total. The van der Waals surface area contributed by atoms with Crippen molar-refractivity contribution in [1.29, 1.82) is 5.26 Å². The van der Waals surface area contributed by atoms with Gasteiger partial charge in [-0.2, -0.15) is 5.26 Å². The topological polar surface area (TPSA) is 73.3 Å².